The molecule has 0 aromatic carbocycles. The third-order valence-corrected chi connectivity index (χ3v) is 4.13. The summed E-state index contributed by atoms with van der Waals surface area (Å²) in [6.07, 6.45) is 9.21. The zero-order valence-corrected chi connectivity index (χ0v) is 13.0. The minimum atomic E-state index is -0.139. The first-order valence-electron chi connectivity index (χ1n) is 7.62. The van der Waals surface area contributed by atoms with E-state index in [-0.39, 0.29) is 5.91 Å². The first kappa shape index (κ1) is 15.0. The fourth-order valence-electron chi connectivity index (χ4n) is 2.78. The Labute approximate surface area is 134 Å². The second-order valence-electron chi connectivity index (χ2n) is 5.52. The first-order valence-corrected chi connectivity index (χ1v) is 7.99. The Morgan fingerprint density at radius 1 is 1.23 bits per heavy atom. The van der Waals surface area contributed by atoms with Crippen LogP contribution < -0.4 is 5.49 Å². The molecule has 1 fully saturated rings. The normalized spacial score (nSPS) is 16.7. The van der Waals surface area contributed by atoms with Gasteiger partial charge in [0.15, 0.2) is 0 Å². The molecule has 2 aromatic heterocycles. The highest BCUT2D eigenvalue weighted by atomic mass is 35.5. The third kappa shape index (κ3) is 3.45. The van der Waals surface area contributed by atoms with E-state index in [4.69, 9.17) is 16.6 Å². The minimum absolute atomic E-state index is 0.139. The lowest BCUT2D eigenvalue weighted by atomic mass is 9.96. The molecule has 4 nitrogen and oxygen atoms in total. The Kier molecular flexibility index (Phi) is 4.68. The summed E-state index contributed by atoms with van der Waals surface area (Å²) in [6, 6.07) is 9.18. The average molecular weight is 316 g/mol. The Balaban J connectivity index is 1.97. The molecule has 1 aliphatic rings. The molecule has 0 amide bonds. The highest BCUT2D eigenvalue weighted by molar-refractivity contribution is 6.29. The van der Waals surface area contributed by atoms with Crippen molar-refractivity contribution in [2.45, 2.75) is 38.1 Å². The van der Waals surface area contributed by atoms with Crippen molar-refractivity contribution in [2.24, 2.45) is 4.99 Å². The summed E-state index contributed by atoms with van der Waals surface area (Å²) in [5.74, 6) is -0.139. The van der Waals surface area contributed by atoms with Crippen LogP contribution in [0.1, 0.15) is 42.5 Å². The maximum absolute atomic E-state index is 12.7. The molecule has 0 N–H and O–H groups in total. The second kappa shape index (κ2) is 6.88. The fraction of sp³-hybridized carbons (Fsp3) is 0.353. The van der Waals surface area contributed by atoms with E-state index in [9.17, 15) is 4.79 Å². The monoisotopic (exact) mass is 315 g/mol. The van der Waals surface area contributed by atoms with E-state index in [2.05, 4.69) is 4.98 Å². The van der Waals surface area contributed by atoms with Gasteiger partial charge in [-0.15, -0.1) is 0 Å². The van der Waals surface area contributed by atoms with Gasteiger partial charge in [-0.2, -0.15) is 0 Å². The lowest BCUT2D eigenvalue weighted by molar-refractivity contribution is 0.0954. The van der Waals surface area contributed by atoms with Crippen LogP contribution in [0.2, 0.25) is 5.15 Å². The SMILES string of the molecule is O=C(c1ccnc(Cl)c1)n1ccccc1=NC1CCCCC1. The Morgan fingerprint density at radius 3 is 2.82 bits per heavy atom. The van der Waals surface area contributed by atoms with E-state index >= 15 is 0 Å². The van der Waals surface area contributed by atoms with Gasteiger partial charge < -0.3 is 0 Å². The number of hydrogen-bond donors (Lipinski definition) is 0. The Morgan fingerprint density at radius 2 is 2.05 bits per heavy atom. The number of halogens is 1. The van der Waals surface area contributed by atoms with Crippen molar-refractivity contribution in [3.8, 4) is 0 Å². The molecular formula is C17H18ClN3O. The largest absolute Gasteiger partial charge is 0.268 e. The van der Waals surface area contributed by atoms with E-state index < -0.39 is 0 Å². The summed E-state index contributed by atoms with van der Waals surface area (Å²) in [5.41, 5.74) is 1.21. The number of carbonyl (C=O) groups is 1. The molecule has 0 atom stereocenters. The second-order valence-corrected chi connectivity index (χ2v) is 5.91. The van der Waals surface area contributed by atoms with Crippen LogP contribution in [-0.2, 0) is 0 Å². The predicted molar refractivity (Wildman–Crippen MR) is 85.8 cm³/mol. The number of rotatable bonds is 2. The lowest BCUT2D eigenvalue weighted by Crippen LogP contribution is -2.29. The summed E-state index contributed by atoms with van der Waals surface area (Å²) < 4.78 is 1.58. The van der Waals surface area contributed by atoms with Gasteiger partial charge in [-0.3, -0.25) is 14.4 Å². The maximum Gasteiger partial charge on any atom is 0.263 e. The molecule has 1 saturated carbocycles. The number of nitrogens with zero attached hydrogens (tertiary/aromatic N) is 3. The Bertz CT molecular complexity index is 732. The zero-order chi connectivity index (χ0) is 15.4. The fourth-order valence-corrected chi connectivity index (χ4v) is 2.96. The van der Waals surface area contributed by atoms with Crippen molar-refractivity contribution in [3.05, 3.63) is 58.9 Å². The van der Waals surface area contributed by atoms with E-state index in [0.717, 1.165) is 12.8 Å². The molecule has 3 rings (SSSR count). The molecule has 22 heavy (non-hydrogen) atoms. The first-order chi connectivity index (χ1) is 10.7. The van der Waals surface area contributed by atoms with Crippen LogP contribution in [0.15, 0.2) is 47.7 Å². The zero-order valence-electron chi connectivity index (χ0n) is 12.3. The molecule has 0 unspecified atom stereocenters. The number of pyridine rings is 2. The van der Waals surface area contributed by atoms with Crippen molar-refractivity contribution >= 4 is 17.5 Å². The molecule has 0 spiro atoms. The van der Waals surface area contributed by atoms with Gasteiger partial charge in [0.25, 0.3) is 5.91 Å². The molecular weight excluding hydrogens is 298 g/mol. The van der Waals surface area contributed by atoms with Crippen molar-refractivity contribution in [2.75, 3.05) is 0 Å². The standard InChI is InChI=1S/C17H18ClN3O/c18-15-12-13(9-10-19-15)17(22)21-11-5-4-8-16(21)20-14-6-2-1-3-7-14/h4-5,8-12,14H,1-3,6-7H2. The Hall–Kier alpha value is -1.94. The van der Waals surface area contributed by atoms with Crippen LogP contribution >= 0.6 is 11.6 Å². The highest BCUT2D eigenvalue weighted by Gasteiger charge is 2.13. The minimum Gasteiger partial charge on any atom is -0.268 e. The van der Waals surface area contributed by atoms with Gasteiger partial charge >= 0.3 is 0 Å². The van der Waals surface area contributed by atoms with Gasteiger partial charge in [0, 0.05) is 18.0 Å². The topological polar surface area (TPSA) is 47.2 Å². The average Bonchev–Trinajstić information content (AvgIpc) is 2.56. The molecule has 114 valence electrons. The summed E-state index contributed by atoms with van der Waals surface area (Å²) in [6.45, 7) is 0. The van der Waals surface area contributed by atoms with Crippen molar-refractivity contribution in [3.63, 3.8) is 0 Å². The van der Waals surface area contributed by atoms with Crippen LogP contribution in [0, 0.1) is 0 Å². The maximum atomic E-state index is 12.7. The van der Waals surface area contributed by atoms with Gasteiger partial charge in [-0.25, -0.2) is 4.98 Å². The van der Waals surface area contributed by atoms with Crippen molar-refractivity contribution < 1.29 is 4.79 Å². The summed E-state index contributed by atoms with van der Waals surface area (Å²) >= 11 is 5.88. The summed E-state index contributed by atoms with van der Waals surface area (Å²) in [5, 5.41) is 0.313. The molecule has 0 radical (unpaired) electrons. The summed E-state index contributed by atoms with van der Waals surface area (Å²) in [7, 11) is 0. The molecule has 2 heterocycles. The van der Waals surface area contributed by atoms with E-state index in [1.54, 1.807) is 22.9 Å². The van der Waals surface area contributed by atoms with E-state index in [0.29, 0.717) is 22.2 Å². The number of hydrogen-bond acceptors (Lipinski definition) is 3. The van der Waals surface area contributed by atoms with Gasteiger partial charge in [-0.05, 0) is 37.1 Å². The number of carbonyl (C=O) groups excluding carboxylic acids is 1. The molecule has 0 bridgehead atoms. The van der Waals surface area contributed by atoms with Crippen LogP contribution in [0.3, 0.4) is 0 Å². The van der Waals surface area contributed by atoms with Crippen LogP contribution in [0.4, 0.5) is 0 Å². The van der Waals surface area contributed by atoms with E-state index in [1.807, 2.05) is 18.2 Å². The third-order valence-electron chi connectivity index (χ3n) is 3.92. The van der Waals surface area contributed by atoms with Gasteiger partial charge in [0.05, 0.1) is 6.04 Å². The number of aromatic nitrogens is 2. The molecule has 2 aromatic rings. The predicted octanol–water partition coefficient (Wildman–Crippen LogP) is 3.46. The molecule has 0 aliphatic heterocycles. The van der Waals surface area contributed by atoms with Crippen LogP contribution in [0.25, 0.3) is 0 Å². The van der Waals surface area contributed by atoms with Crippen LogP contribution in [0.5, 0.6) is 0 Å². The smallest absolute Gasteiger partial charge is 0.263 e. The molecule has 0 saturated heterocycles. The van der Waals surface area contributed by atoms with Crippen LogP contribution in [-0.4, -0.2) is 21.5 Å². The molecule has 1 aliphatic carbocycles. The van der Waals surface area contributed by atoms with Crippen molar-refractivity contribution in [1.82, 2.24) is 9.55 Å². The quantitative estimate of drug-likeness (QED) is 0.797. The van der Waals surface area contributed by atoms with E-state index in [1.165, 1.54) is 25.5 Å². The lowest BCUT2D eigenvalue weighted by Gasteiger charge is -2.17. The van der Waals surface area contributed by atoms with Gasteiger partial charge in [-0.1, -0.05) is 36.9 Å². The van der Waals surface area contributed by atoms with Gasteiger partial charge in [0.2, 0.25) is 0 Å². The van der Waals surface area contributed by atoms with Gasteiger partial charge in [0.1, 0.15) is 10.6 Å². The highest BCUT2D eigenvalue weighted by Crippen LogP contribution is 2.19. The summed E-state index contributed by atoms with van der Waals surface area (Å²) in [4.78, 5) is 21.4. The molecule has 5 heteroatoms. The van der Waals surface area contributed by atoms with Crippen molar-refractivity contribution in [1.29, 1.82) is 0 Å².